The third-order valence-corrected chi connectivity index (χ3v) is 3.77. The van der Waals surface area contributed by atoms with Crippen molar-refractivity contribution in [3.63, 3.8) is 0 Å². The third kappa shape index (κ3) is 2.60. The summed E-state index contributed by atoms with van der Waals surface area (Å²) in [7, 11) is 0. The largest absolute Gasteiger partial charge is 0.481 e. The highest BCUT2D eigenvalue weighted by atomic mass is 16.6. The molecule has 1 spiro atoms. The molecule has 0 aromatic carbocycles. The first-order chi connectivity index (χ1) is 8.23. The van der Waals surface area contributed by atoms with Crippen LogP contribution in [0.1, 0.15) is 40.0 Å². The Morgan fingerprint density at radius 2 is 1.94 bits per heavy atom. The lowest BCUT2D eigenvalue weighted by atomic mass is 9.82. The van der Waals surface area contributed by atoms with Crippen LogP contribution in [-0.2, 0) is 9.53 Å². The summed E-state index contributed by atoms with van der Waals surface area (Å²) < 4.78 is 5.33. The second-order valence-electron chi connectivity index (χ2n) is 6.44. The normalized spacial score (nSPS) is 25.9. The van der Waals surface area contributed by atoms with Crippen LogP contribution in [0.15, 0.2) is 0 Å². The summed E-state index contributed by atoms with van der Waals surface area (Å²) in [5.41, 5.74) is -0.682. The lowest BCUT2D eigenvalue weighted by Crippen LogP contribution is -2.48. The summed E-state index contributed by atoms with van der Waals surface area (Å²) in [6.45, 7) is 6.51. The number of amides is 1. The van der Waals surface area contributed by atoms with Crippen LogP contribution in [-0.4, -0.2) is 40.8 Å². The zero-order valence-corrected chi connectivity index (χ0v) is 11.2. The van der Waals surface area contributed by atoms with Gasteiger partial charge in [0.05, 0.1) is 5.92 Å². The molecule has 1 N–H and O–H groups in total. The van der Waals surface area contributed by atoms with E-state index in [0.29, 0.717) is 19.5 Å². The van der Waals surface area contributed by atoms with Crippen LogP contribution in [0.2, 0.25) is 0 Å². The van der Waals surface area contributed by atoms with Gasteiger partial charge in [-0.05, 0) is 40.0 Å². The van der Waals surface area contributed by atoms with Gasteiger partial charge in [0.2, 0.25) is 0 Å². The summed E-state index contributed by atoms with van der Waals surface area (Å²) in [4.78, 5) is 24.8. The maximum atomic E-state index is 12.0. The van der Waals surface area contributed by atoms with Crippen molar-refractivity contribution in [1.82, 2.24) is 4.90 Å². The molecular formula is C13H21NO4. The van der Waals surface area contributed by atoms with Gasteiger partial charge in [-0.15, -0.1) is 0 Å². The Hall–Kier alpha value is -1.26. The predicted molar refractivity (Wildman–Crippen MR) is 65.2 cm³/mol. The van der Waals surface area contributed by atoms with E-state index in [9.17, 15) is 14.7 Å². The van der Waals surface area contributed by atoms with E-state index in [2.05, 4.69) is 0 Å². The fourth-order valence-electron chi connectivity index (χ4n) is 2.70. The minimum absolute atomic E-state index is 0.180. The minimum Gasteiger partial charge on any atom is -0.481 e. The predicted octanol–water partition coefficient (Wildman–Crippen LogP) is 2.11. The lowest BCUT2D eigenvalue weighted by molar-refractivity contribution is -0.146. The zero-order valence-electron chi connectivity index (χ0n) is 11.2. The zero-order chi connectivity index (χ0) is 13.6. The number of carbonyl (C=O) groups is 2. The second kappa shape index (κ2) is 4.14. The van der Waals surface area contributed by atoms with Crippen molar-refractivity contribution in [2.75, 3.05) is 13.1 Å². The summed E-state index contributed by atoms with van der Waals surface area (Å²) in [6.07, 6.45) is 2.03. The lowest BCUT2D eigenvalue weighted by Gasteiger charge is -2.37. The van der Waals surface area contributed by atoms with E-state index >= 15 is 0 Å². The first kappa shape index (κ1) is 13.2. The van der Waals surface area contributed by atoms with Gasteiger partial charge < -0.3 is 14.7 Å². The number of hydrogen-bond acceptors (Lipinski definition) is 3. The van der Waals surface area contributed by atoms with Crippen molar-refractivity contribution >= 4 is 12.1 Å². The number of aliphatic carboxylic acids is 1. The molecule has 0 unspecified atom stereocenters. The van der Waals surface area contributed by atoms with Crippen molar-refractivity contribution in [3.05, 3.63) is 0 Å². The van der Waals surface area contributed by atoms with Gasteiger partial charge >= 0.3 is 12.1 Å². The van der Waals surface area contributed by atoms with Crippen LogP contribution in [0.25, 0.3) is 0 Å². The highest BCUT2D eigenvalue weighted by molar-refractivity contribution is 5.73. The first-order valence-corrected chi connectivity index (χ1v) is 6.44. The fraction of sp³-hybridized carbons (Fsp3) is 0.846. The van der Waals surface area contributed by atoms with Crippen LogP contribution >= 0.6 is 0 Å². The van der Waals surface area contributed by atoms with Crippen LogP contribution < -0.4 is 0 Å². The van der Waals surface area contributed by atoms with Gasteiger partial charge in [0.15, 0.2) is 0 Å². The van der Waals surface area contributed by atoms with Gasteiger partial charge in [0, 0.05) is 18.5 Å². The van der Waals surface area contributed by atoms with E-state index in [1.54, 1.807) is 4.90 Å². The molecule has 1 aliphatic carbocycles. The summed E-state index contributed by atoms with van der Waals surface area (Å²) in [5, 5.41) is 9.19. The number of rotatable bonds is 1. The average Bonchev–Trinajstić information content (AvgIpc) is 2.95. The van der Waals surface area contributed by atoms with Crippen molar-refractivity contribution in [1.29, 1.82) is 0 Å². The number of nitrogens with zero attached hydrogens (tertiary/aromatic N) is 1. The Labute approximate surface area is 107 Å². The molecule has 1 heterocycles. The van der Waals surface area contributed by atoms with Crippen LogP contribution in [0.5, 0.6) is 0 Å². The molecule has 1 atom stereocenters. The van der Waals surface area contributed by atoms with E-state index in [-0.39, 0.29) is 17.4 Å². The summed E-state index contributed by atoms with van der Waals surface area (Å²) >= 11 is 0. The molecule has 5 nitrogen and oxygen atoms in total. The highest BCUT2D eigenvalue weighted by Gasteiger charge is 2.56. The Kier molecular flexibility index (Phi) is 3.03. The molecule has 5 heteroatoms. The van der Waals surface area contributed by atoms with E-state index < -0.39 is 11.6 Å². The van der Waals surface area contributed by atoms with E-state index in [1.165, 1.54) is 0 Å². The number of ether oxygens (including phenoxy) is 1. The SMILES string of the molecule is CC(C)(C)OC(=O)N1CC[C@@H](C(=O)O)C2(CC2)C1. The highest BCUT2D eigenvalue weighted by Crippen LogP contribution is 2.55. The Balaban J connectivity index is 1.99. The number of piperidine rings is 1. The molecule has 1 saturated carbocycles. The third-order valence-electron chi connectivity index (χ3n) is 3.77. The molecule has 2 aliphatic rings. The quantitative estimate of drug-likeness (QED) is 0.779. The average molecular weight is 255 g/mol. The summed E-state index contributed by atoms with van der Waals surface area (Å²) in [6, 6.07) is 0. The standard InChI is InChI=1S/C13H21NO4/c1-12(2,3)18-11(17)14-7-4-9(10(15)16)13(8-14)5-6-13/h9H,4-8H2,1-3H3,(H,15,16)/t9-/m0/s1. The Morgan fingerprint density at radius 3 is 2.39 bits per heavy atom. The van der Waals surface area contributed by atoms with Gasteiger partial charge in [-0.1, -0.05) is 0 Å². The number of carboxylic acid groups (broad SMARTS) is 1. The molecule has 2 fully saturated rings. The molecule has 0 aromatic heterocycles. The molecule has 2 rings (SSSR count). The molecular weight excluding hydrogens is 234 g/mol. The molecule has 0 bridgehead atoms. The second-order valence-corrected chi connectivity index (χ2v) is 6.44. The maximum Gasteiger partial charge on any atom is 0.410 e. The van der Waals surface area contributed by atoms with Crippen LogP contribution in [0.3, 0.4) is 0 Å². The summed E-state index contributed by atoms with van der Waals surface area (Å²) in [5.74, 6) is -1.02. The van der Waals surface area contributed by atoms with Gasteiger partial charge in [-0.2, -0.15) is 0 Å². The van der Waals surface area contributed by atoms with Crippen LogP contribution in [0, 0.1) is 11.3 Å². The molecule has 1 amide bonds. The van der Waals surface area contributed by atoms with Gasteiger partial charge in [-0.25, -0.2) is 4.79 Å². The molecule has 0 aromatic rings. The van der Waals surface area contributed by atoms with Crippen molar-refractivity contribution in [3.8, 4) is 0 Å². The molecule has 18 heavy (non-hydrogen) atoms. The minimum atomic E-state index is -0.726. The molecule has 0 radical (unpaired) electrons. The Morgan fingerprint density at radius 1 is 1.33 bits per heavy atom. The van der Waals surface area contributed by atoms with Crippen molar-refractivity contribution < 1.29 is 19.4 Å². The van der Waals surface area contributed by atoms with E-state index in [1.807, 2.05) is 20.8 Å². The number of carboxylic acids is 1. The van der Waals surface area contributed by atoms with Gasteiger partial charge in [-0.3, -0.25) is 4.79 Å². The first-order valence-electron chi connectivity index (χ1n) is 6.44. The van der Waals surface area contributed by atoms with Gasteiger partial charge in [0.25, 0.3) is 0 Å². The topological polar surface area (TPSA) is 66.8 Å². The van der Waals surface area contributed by atoms with Crippen molar-refractivity contribution in [2.45, 2.75) is 45.6 Å². The molecule has 1 aliphatic heterocycles. The fourth-order valence-corrected chi connectivity index (χ4v) is 2.70. The monoisotopic (exact) mass is 255 g/mol. The molecule has 1 saturated heterocycles. The smallest absolute Gasteiger partial charge is 0.410 e. The number of likely N-dealkylation sites (tertiary alicyclic amines) is 1. The Bertz CT molecular complexity index is 368. The van der Waals surface area contributed by atoms with Gasteiger partial charge in [0.1, 0.15) is 5.60 Å². The van der Waals surface area contributed by atoms with E-state index in [0.717, 1.165) is 12.8 Å². The number of hydrogen-bond donors (Lipinski definition) is 1. The van der Waals surface area contributed by atoms with Crippen LogP contribution in [0.4, 0.5) is 4.79 Å². The number of carbonyl (C=O) groups excluding carboxylic acids is 1. The van der Waals surface area contributed by atoms with E-state index in [4.69, 9.17) is 4.74 Å². The molecule has 102 valence electrons. The van der Waals surface area contributed by atoms with Crippen molar-refractivity contribution in [2.24, 2.45) is 11.3 Å². The maximum absolute atomic E-state index is 12.0.